The van der Waals surface area contributed by atoms with Crippen LogP contribution in [0.5, 0.6) is 5.75 Å². The minimum atomic E-state index is -0.905. The van der Waals surface area contributed by atoms with Gasteiger partial charge in [0.15, 0.2) is 0 Å². The summed E-state index contributed by atoms with van der Waals surface area (Å²) in [7, 11) is 0. The highest BCUT2D eigenvalue weighted by atomic mass is 16.4. The number of aryl methyl sites for hydroxylation is 1. The number of aromatic carboxylic acids is 1. The molecular formula is C26H44O3. The van der Waals surface area contributed by atoms with Gasteiger partial charge in [0.2, 0.25) is 0 Å². The molecule has 0 bridgehead atoms. The summed E-state index contributed by atoms with van der Waals surface area (Å²) < 4.78 is 0. The zero-order chi connectivity index (χ0) is 21.5. The van der Waals surface area contributed by atoms with Crippen LogP contribution in [-0.4, -0.2) is 16.2 Å². The lowest BCUT2D eigenvalue weighted by atomic mass is 9.89. The molecule has 0 aliphatic carbocycles. The highest BCUT2D eigenvalue weighted by Crippen LogP contribution is 2.30. The van der Waals surface area contributed by atoms with Gasteiger partial charge < -0.3 is 10.2 Å². The van der Waals surface area contributed by atoms with Gasteiger partial charge in [-0.1, -0.05) is 90.9 Å². The van der Waals surface area contributed by atoms with Crippen molar-refractivity contribution in [3.05, 3.63) is 28.3 Å². The lowest BCUT2D eigenvalue weighted by molar-refractivity contribution is 0.0694. The molecule has 166 valence electrons. The van der Waals surface area contributed by atoms with E-state index in [1.54, 1.807) is 6.92 Å². The van der Waals surface area contributed by atoms with Crippen molar-refractivity contribution in [2.24, 2.45) is 0 Å². The number of benzene rings is 1. The monoisotopic (exact) mass is 404 g/mol. The van der Waals surface area contributed by atoms with Gasteiger partial charge in [-0.3, -0.25) is 0 Å². The Bertz CT molecular complexity index is 592. The van der Waals surface area contributed by atoms with Crippen molar-refractivity contribution in [3.8, 4) is 5.75 Å². The normalized spacial score (nSPS) is 11.1. The third-order valence-electron chi connectivity index (χ3n) is 6.05. The molecule has 0 spiro atoms. The fraction of sp³-hybridized carbons (Fsp3) is 0.731. The molecule has 29 heavy (non-hydrogen) atoms. The molecule has 0 radical (unpaired) electrons. The average molecular weight is 405 g/mol. The molecule has 0 saturated carbocycles. The van der Waals surface area contributed by atoms with Crippen molar-refractivity contribution in [1.82, 2.24) is 0 Å². The highest BCUT2D eigenvalue weighted by molar-refractivity contribution is 5.92. The molecule has 0 aliphatic heterocycles. The number of unbranched alkanes of at least 4 members (excludes halogenated alkanes) is 12. The van der Waals surface area contributed by atoms with Crippen LogP contribution >= 0.6 is 0 Å². The van der Waals surface area contributed by atoms with Gasteiger partial charge in [0, 0.05) is 5.56 Å². The second-order valence-corrected chi connectivity index (χ2v) is 8.58. The highest BCUT2D eigenvalue weighted by Gasteiger charge is 2.20. The van der Waals surface area contributed by atoms with E-state index in [4.69, 9.17) is 0 Å². The number of carboxylic acid groups (broad SMARTS) is 1. The fourth-order valence-electron chi connectivity index (χ4n) is 4.20. The van der Waals surface area contributed by atoms with Crippen LogP contribution in [-0.2, 0) is 12.8 Å². The van der Waals surface area contributed by atoms with E-state index in [1.165, 1.54) is 70.6 Å². The van der Waals surface area contributed by atoms with Crippen molar-refractivity contribution in [3.63, 3.8) is 0 Å². The van der Waals surface area contributed by atoms with Crippen LogP contribution in [0.1, 0.15) is 131 Å². The summed E-state index contributed by atoms with van der Waals surface area (Å²) >= 11 is 0. The fourth-order valence-corrected chi connectivity index (χ4v) is 4.20. The molecule has 0 aliphatic rings. The molecular weight excluding hydrogens is 360 g/mol. The summed E-state index contributed by atoms with van der Waals surface area (Å²) in [6.07, 6.45) is 18.9. The molecule has 3 nitrogen and oxygen atoms in total. The Labute approximate surface area is 178 Å². The minimum Gasteiger partial charge on any atom is -0.508 e. The third-order valence-corrected chi connectivity index (χ3v) is 6.05. The second-order valence-electron chi connectivity index (χ2n) is 8.58. The first-order valence-electron chi connectivity index (χ1n) is 12.1. The minimum absolute atomic E-state index is 0.128. The Morgan fingerprint density at radius 3 is 1.69 bits per heavy atom. The quantitative estimate of drug-likeness (QED) is 0.259. The van der Waals surface area contributed by atoms with Crippen molar-refractivity contribution in [2.45, 2.75) is 124 Å². The Morgan fingerprint density at radius 1 is 0.759 bits per heavy atom. The van der Waals surface area contributed by atoms with Crippen molar-refractivity contribution in [1.29, 1.82) is 0 Å². The first kappa shape index (κ1) is 25.5. The van der Waals surface area contributed by atoms with Crippen LogP contribution in [0.15, 0.2) is 6.07 Å². The van der Waals surface area contributed by atoms with Gasteiger partial charge >= 0.3 is 5.97 Å². The molecule has 2 N–H and O–H groups in total. The van der Waals surface area contributed by atoms with Gasteiger partial charge in [0.25, 0.3) is 0 Å². The van der Waals surface area contributed by atoms with Crippen LogP contribution in [0, 0.1) is 6.92 Å². The zero-order valence-corrected chi connectivity index (χ0v) is 19.2. The lowest BCUT2D eigenvalue weighted by Crippen LogP contribution is -2.09. The maximum absolute atomic E-state index is 11.9. The SMILES string of the molecule is CCCCCCCCCc1cc(O)c(C)c(C(=O)O)c1CCCCCCCCC. The van der Waals surface area contributed by atoms with Gasteiger partial charge in [0.05, 0.1) is 5.56 Å². The summed E-state index contributed by atoms with van der Waals surface area (Å²) in [5, 5.41) is 20.1. The van der Waals surface area contributed by atoms with Crippen LogP contribution < -0.4 is 0 Å². The Balaban J connectivity index is 2.69. The van der Waals surface area contributed by atoms with Gasteiger partial charge in [0.1, 0.15) is 5.75 Å². The number of phenols is 1. The Morgan fingerprint density at radius 2 is 1.21 bits per heavy atom. The number of hydrogen-bond donors (Lipinski definition) is 2. The number of aromatic hydroxyl groups is 1. The van der Waals surface area contributed by atoms with E-state index in [-0.39, 0.29) is 5.75 Å². The molecule has 1 rings (SSSR count). The van der Waals surface area contributed by atoms with Crippen molar-refractivity contribution >= 4 is 5.97 Å². The first-order chi connectivity index (χ1) is 14.0. The van der Waals surface area contributed by atoms with E-state index in [0.29, 0.717) is 11.1 Å². The van der Waals surface area contributed by atoms with Gasteiger partial charge in [-0.05, 0) is 49.8 Å². The van der Waals surface area contributed by atoms with Crippen LogP contribution in [0.4, 0.5) is 0 Å². The van der Waals surface area contributed by atoms with E-state index < -0.39 is 5.97 Å². The van der Waals surface area contributed by atoms with Gasteiger partial charge in [-0.25, -0.2) is 4.79 Å². The van der Waals surface area contributed by atoms with Gasteiger partial charge in [-0.2, -0.15) is 0 Å². The van der Waals surface area contributed by atoms with Crippen LogP contribution in [0.3, 0.4) is 0 Å². The lowest BCUT2D eigenvalue weighted by Gasteiger charge is -2.17. The third kappa shape index (κ3) is 9.69. The maximum Gasteiger partial charge on any atom is 0.336 e. The predicted molar refractivity (Wildman–Crippen MR) is 123 cm³/mol. The van der Waals surface area contributed by atoms with Crippen LogP contribution in [0.25, 0.3) is 0 Å². The number of phenolic OH excluding ortho intramolecular Hbond substituents is 1. The Hall–Kier alpha value is -1.51. The van der Waals surface area contributed by atoms with Crippen molar-refractivity contribution < 1.29 is 15.0 Å². The summed E-state index contributed by atoms with van der Waals surface area (Å²) in [6.45, 7) is 6.19. The van der Waals surface area contributed by atoms with Crippen LogP contribution in [0.2, 0.25) is 0 Å². The smallest absolute Gasteiger partial charge is 0.336 e. The maximum atomic E-state index is 11.9. The standard InChI is InChI=1S/C26H44O3/c1-4-6-8-10-12-14-16-18-22-20-24(27)21(3)25(26(28)29)23(22)19-17-15-13-11-9-7-5-2/h20,27H,4-19H2,1-3H3,(H,28,29). The molecule has 0 amide bonds. The summed E-state index contributed by atoms with van der Waals surface area (Å²) in [5.41, 5.74) is 2.87. The van der Waals surface area contributed by atoms with E-state index >= 15 is 0 Å². The van der Waals surface area contributed by atoms with E-state index in [9.17, 15) is 15.0 Å². The number of hydrogen-bond acceptors (Lipinski definition) is 2. The molecule has 0 aromatic heterocycles. The Kier molecular flexibility index (Phi) is 13.5. The summed E-state index contributed by atoms with van der Waals surface area (Å²) in [4.78, 5) is 11.9. The molecule has 1 aromatic carbocycles. The summed E-state index contributed by atoms with van der Waals surface area (Å²) in [5.74, 6) is -0.777. The average Bonchev–Trinajstić information content (AvgIpc) is 2.69. The second kappa shape index (κ2) is 15.3. The van der Waals surface area contributed by atoms with E-state index in [0.717, 1.165) is 43.2 Å². The van der Waals surface area contributed by atoms with E-state index in [2.05, 4.69) is 13.8 Å². The molecule has 0 saturated heterocycles. The molecule has 0 atom stereocenters. The molecule has 3 heteroatoms. The molecule has 0 unspecified atom stereocenters. The largest absolute Gasteiger partial charge is 0.508 e. The number of carbonyl (C=O) groups is 1. The molecule has 0 heterocycles. The van der Waals surface area contributed by atoms with Gasteiger partial charge in [-0.15, -0.1) is 0 Å². The molecule has 0 fully saturated rings. The first-order valence-corrected chi connectivity index (χ1v) is 12.1. The number of carboxylic acids is 1. The number of rotatable bonds is 17. The zero-order valence-electron chi connectivity index (χ0n) is 19.2. The summed E-state index contributed by atoms with van der Waals surface area (Å²) in [6, 6.07) is 1.83. The topological polar surface area (TPSA) is 57.5 Å². The molecule has 1 aromatic rings. The van der Waals surface area contributed by atoms with E-state index in [1.807, 2.05) is 6.07 Å². The van der Waals surface area contributed by atoms with Crippen molar-refractivity contribution in [2.75, 3.05) is 0 Å². The predicted octanol–water partition coefficient (Wildman–Crippen LogP) is 7.99.